The van der Waals surface area contributed by atoms with Crippen molar-refractivity contribution >= 4 is 6.03 Å². The Morgan fingerprint density at radius 2 is 2.12 bits per heavy atom. The molecule has 1 heterocycles. The molecule has 0 atom stereocenters. The van der Waals surface area contributed by atoms with Gasteiger partial charge in [-0.25, -0.2) is 13.6 Å². The number of urea groups is 1. The van der Waals surface area contributed by atoms with Gasteiger partial charge in [-0.05, 0) is 24.1 Å². The Morgan fingerprint density at radius 3 is 2.81 bits per heavy atom. The molecule has 0 spiro atoms. The van der Waals surface area contributed by atoms with Gasteiger partial charge in [0.25, 0.3) is 0 Å². The Bertz CT molecular complexity index is 409. The van der Waals surface area contributed by atoms with E-state index in [0.717, 1.165) is 18.6 Å². The summed E-state index contributed by atoms with van der Waals surface area (Å²) >= 11 is 0. The van der Waals surface area contributed by atoms with E-state index in [0.29, 0.717) is 25.2 Å². The van der Waals surface area contributed by atoms with Crippen LogP contribution in [-0.2, 0) is 6.54 Å². The summed E-state index contributed by atoms with van der Waals surface area (Å²) < 4.78 is 25.6. The summed E-state index contributed by atoms with van der Waals surface area (Å²) in [6, 6.07) is 3.53. The molecule has 2 amide bonds. The lowest BCUT2D eigenvalue weighted by atomic mass is 10.2. The Labute approximate surface area is 92.1 Å². The van der Waals surface area contributed by atoms with Gasteiger partial charge in [0.15, 0.2) is 11.6 Å². The molecule has 1 saturated heterocycles. The molecule has 16 heavy (non-hydrogen) atoms. The van der Waals surface area contributed by atoms with Crippen LogP contribution in [0.3, 0.4) is 0 Å². The molecule has 1 aliphatic rings. The number of hydrogen-bond donors (Lipinski definition) is 1. The van der Waals surface area contributed by atoms with Gasteiger partial charge >= 0.3 is 6.03 Å². The molecule has 86 valence electrons. The fraction of sp³-hybridized carbons (Fsp3) is 0.364. The zero-order valence-electron chi connectivity index (χ0n) is 8.67. The molecule has 2 rings (SSSR count). The largest absolute Gasteiger partial charge is 0.338 e. The first-order valence-electron chi connectivity index (χ1n) is 5.13. The molecule has 1 aliphatic heterocycles. The van der Waals surface area contributed by atoms with Gasteiger partial charge in [0.05, 0.1) is 0 Å². The van der Waals surface area contributed by atoms with Crippen LogP contribution < -0.4 is 5.32 Å². The number of amides is 2. The van der Waals surface area contributed by atoms with E-state index in [4.69, 9.17) is 0 Å². The molecular weight excluding hydrogens is 214 g/mol. The summed E-state index contributed by atoms with van der Waals surface area (Å²) in [5, 5.41) is 2.70. The van der Waals surface area contributed by atoms with Crippen molar-refractivity contribution < 1.29 is 13.6 Å². The summed E-state index contributed by atoms with van der Waals surface area (Å²) in [5.41, 5.74) is 0.593. The van der Waals surface area contributed by atoms with E-state index in [9.17, 15) is 13.6 Å². The van der Waals surface area contributed by atoms with Crippen LogP contribution in [0.5, 0.6) is 0 Å². The number of halogens is 2. The Morgan fingerprint density at radius 1 is 1.31 bits per heavy atom. The average Bonchev–Trinajstić information content (AvgIpc) is 2.27. The van der Waals surface area contributed by atoms with Crippen molar-refractivity contribution in [3.63, 3.8) is 0 Å². The molecule has 1 fully saturated rings. The number of nitrogens with one attached hydrogen (secondary N) is 1. The molecule has 5 heteroatoms. The lowest BCUT2D eigenvalue weighted by molar-refractivity contribution is 0.183. The minimum Gasteiger partial charge on any atom is -0.338 e. The van der Waals surface area contributed by atoms with Crippen LogP contribution in [0.1, 0.15) is 12.0 Å². The quantitative estimate of drug-likeness (QED) is 0.820. The normalized spacial score (nSPS) is 16.1. The molecule has 1 aromatic rings. The summed E-state index contributed by atoms with van der Waals surface area (Å²) in [5.74, 6) is -1.75. The lowest BCUT2D eigenvalue weighted by Gasteiger charge is -2.27. The molecular formula is C11H12F2N2O. The highest BCUT2D eigenvalue weighted by Gasteiger charge is 2.17. The molecule has 1 N–H and O–H groups in total. The minimum atomic E-state index is -0.880. The predicted octanol–water partition coefficient (Wildman–Crippen LogP) is 1.88. The minimum absolute atomic E-state index is 0.156. The van der Waals surface area contributed by atoms with Gasteiger partial charge in [0, 0.05) is 19.6 Å². The van der Waals surface area contributed by atoms with Gasteiger partial charge in [-0.15, -0.1) is 0 Å². The molecule has 0 aromatic heterocycles. The van der Waals surface area contributed by atoms with Crippen molar-refractivity contribution in [2.75, 3.05) is 13.1 Å². The fourth-order valence-electron chi connectivity index (χ4n) is 1.69. The van der Waals surface area contributed by atoms with Crippen molar-refractivity contribution in [1.82, 2.24) is 10.2 Å². The van der Waals surface area contributed by atoms with E-state index < -0.39 is 11.6 Å². The topological polar surface area (TPSA) is 32.3 Å². The van der Waals surface area contributed by atoms with Crippen LogP contribution in [0.15, 0.2) is 18.2 Å². The van der Waals surface area contributed by atoms with Crippen LogP contribution in [0.4, 0.5) is 13.6 Å². The average molecular weight is 226 g/mol. The smallest absolute Gasteiger partial charge is 0.317 e. The van der Waals surface area contributed by atoms with E-state index >= 15 is 0 Å². The molecule has 0 unspecified atom stereocenters. The third-order valence-electron chi connectivity index (χ3n) is 2.53. The second-order valence-corrected chi connectivity index (χ2v) is 3.76. The summed E-state index contributed by atoms with van der Waals surface area (Å²) in [6.07, 6.45) is 0.870. The standard InChI is InChI=1S/C11H12F2N2O/c12-9-3-2-8(6-10(9)13)7-15-5-1-4-14-11(15)16/h2-3,6H,1,4-5,7H2,(H,14,16). The SMILES string of the molecule is O=C1NCCCN1Cc1ccc(F)c(F)c1. The number of nitrogens with zero attached hydrogens (tertiary/aromatic N) is 1. The third-order valence-corrected chi connectivity index (χ3v) is 2.53. The van der Waals surface area contributed by atoms with E-state index in [1.807, 2.05) is 0 Å². The van der Waals surface area contributed by atoms with E-state index in [1.165, 1.54) is 6.07 Å². The van der Waals surface area contributed by atoms with Crippen LogP contribution in [0.2, 0.25) is 0 Å². The zero-order chi connectivity index (χ0) is 11.5. The highest BCUT2D eigenvalue weighted by atomic mass is 19.2. The van der Waals surface area contributed by atoms with Crippen molar-refractivity contribution in [1.29, 1.82) is 0 Å². The van der Waals surface area contributed by atoms with Crippen molar-refractivity contribution in [3.8, 4) is 0 Å². The predicted molar refractivity (Wildman–Crippen MR) is 54.8 cm³/mol. The fourth-order valence-corrected chi connectivity index (χ4v) is 1.69. The monoisotopic (exact) mass is 226 g/mol. The van der Waals surface area contributed by atoms with Crippen molar-refractivity contribution in [2.45, 2.75) is 13.0 Å². The van der Waals surface area contributed by atoms with Gasteiger partial charge in [-0.1, -0.05) is 6.07 Å². The van der Waals surface area contributed by atoms with Crippen molar-refractivity contribution in [2.24, 2.45) is 0 Å². The first kappa shape index (κ1) is 10.9. The molecule has 1 aromatic carbocycles. The number of carbonyl (C=O) groups excluding carboxylic acids is 1. The van der Waals surface area contributed by atoms with Gasteiger partial charge in [0.2, 0.25) is 0 Å². The zero-order valence-corrected chi connectivity index (χ0v) is 8.67. The Kier molecular flexibility index (Phi) is 3.03. The first-order valence-corrected chi connectivity index (χ1v) is 5.13. The summed E-state index contributed by atoms with van der Waals surface area (Å²) in [6.45, 7) is 1.63. The summed E-state index contributed by atoms with van der Waals surface area (Å²) in [7, 11) is 0. The first-order chi connectivity index (χ1) is 7.66. The molecule has 0 saturated carbocycles. The maximum atomic E-state index is 12.9. The number of hydrogen-bond acceptors (Lipinski definition) is 1. The van der Waals surface area contributed by atoms with Gasteiger partial charge in [-0.3, -0.25) is 0 Å². The van der Waals surface area contributed by atoms with E-state index in [1.54, 1.807) is 4.90 Å². The molecule has 0 bridgehead atoms. The number of carbonyl (C=O) groups is 1. The Balaban J connectivity index is 2.08. The highest BCUT2D eigenvalue weighted by molar-refractivity contribution is 5.74. The highest BCUT2D eigenvalue weighted by Crippen LogP contribution is 2.12. The van der Waals surface area contributed by atoms with Crippen molar-refractivity contribution in [3.05, 3.63) is 35.4 Å². The van der Waals surface area contributed by atoms with Crippen LogP contribution in [-0.4, -0.2) is 24.0 Å². The second-order valence-electron chi connectivity index (χ2n) is 3.76. The maximum Gasteiger partial charge on any atom is 0.317 e. The lowest BCUT2D eigenvalue weighted by Crippen LogP contribution is -2.45. The van der Waals surface area contributed by atoms with E-state index in [2.05, 4.69) is 5.32 Å². The Hall–Kier alpha value is -1.65. The van der Waals surface area contributed by atoms with E-state index in [-0.39, 0.29) is 6.03 Å². The molecule has 0 aliphatic carbocycles. The van der Waals surface area contributed by atoms with Gasteiger partial charge in [0.1, 0.15) is 0 Å². The number of rotatable bonds is 2. The second kappa shape index (κ2) is 4.47. The van der Waals surface area contributed by atoms with Crippen LogP contribution in [0.25, 0.3) is 0 Å². The molecule has 3 nitrogen and oxygen atoms in total. The molecule has 0 radical (unpaired) electrons. The maximum absolute atomic E-state index is 12.9. The third kappa shape index (κ3) is 2.29. The summed E-state index contributed by atoms with van der Waals surface area (Å²) in [4.78, 5) is 13.0. The van der Waals surface area contributed by atoms with Crippen LogP contribution in [0, 0.1) is 11.6 Å². The van der Waals surface area contributed by atoms with Crippen LogP contribution >= 0.6 is 0 Å². The number of benzene rings is 1. The van der Waals surface area contributed by atoms with Gasteiger partial charge < -0.3 is 10.2 Å². The van der Waals surface area contributed by atoms with Gasteiger partial charge in [-0.2, -0.15) is 0 Å².